The number of hydrogen-bond acceptors (Lipinski definition) is 2. The van der Waals surface area contributed by atoms with Gasteiger partial charge in [-0.3, -0.25) is 4.79 Å². The van der Waals surface area contributed by atoms with Gasteiger partial charge in [0.1, 0.15) is 5.76 Å². The first-order valence-corrected chi connectivity index (χ1v) is 5.26. The van der Waals surface area contributed by atoms with Crippen molar-refractivity contribution in [2.75, 3.05) is 0 Å². The van der Waals surface area contributed by atoms with Gasteiger partial charge < -0.3 is 4.42 Å². The Morgan fingerprint density at radius 3 is 2.54 bits per heavy atom. The van der Waals surface area contributed by atoms with E-state index in [4.69, 9.17) is 4.42 Å². The van der Waals surface area contributed by atoms with E-state index in [-0.39, 0.29) is 0 Å². The molecule has 1 heterocycles. The van der Waals surface area contributed by atoms with E-state index in [0.717, 1.165) is 29.4 Å². The molecule has 0 amide bonds. The first-order valence-electron chi connectivity index (χ1n) is 4.47. The average Bonchev–Trinajstić information content (AvgIpc) is 2.49. The fourth-order valence-corrected chi connectivity index (χ4v) is 1.77. The minimum absolute atomic E-state index is 0.391. The Kier molecular flexibility index (Phi) is 3.72. The highest BCUT2D eigenvalue weighted by molar-refractivity contribution is 9.10. The number of aldehydes is 1. The molecule has 0 unspecified atom stereocenters. The van der Waals surface area contributed by atoms with Gasteiger partial charge in [-0.25, -0.2) is 0 Å². The highest BCUT2D eigenvalue weighted by atomic mass is 79.9. The molecule has 0 bridgehead atoms. The first-order chi connectivity index (χ1) is 6.22. The van der Waals surface area contributed by atoms with Crippen molar-refractivity contribution in [3.8, 4) is 0 Å². The molecule has 0 spiro atoms. The highest BCUT2D eigenvalue weighted by Crippen LogP contribution is 2.29. The lowest BCUT2D eigenvalue weighted by Crippen LogP contribution is -1.92. The van der Waals surface area contributed by atoms with Crippen molar-refractivity contribution in [1.82, 2.24) is 0 Å². The maximum absolute atomic E-state index is 10.5. The number of halogens is 1. The Hall–Kier alpha value is -0.570. The summed E-state index contributed by atoms with van der Waals surface area (Å²) in [4.78, 5) is 10.5. The summed E-state index contributed by atoms with van der Waals surface area (Å²) in [5, 5.41) is 0. The lowest BCUT2D eigenvalue weighted by Gasteiger charge is -2.07. The Labute approximate surface area is 86.4 Å². The zero-order valence-corrected chi connectivity index (χ0v) is 9.43. The van der Waals surface area contributed by atoms with Gasteiger partial charge in [0, 0.05) is 5.92 Å². The minimum atomic E-state index is 0.391. The van der Waals surface area contributed by atoms with Crippen LogP contribution >= 0.6 is 15.9 Å². The molecule has 2 nitrogen and oxygen atoms in total. The van der Waals surface area contributed by atoms with Crippen LogP contribution < -0.4 is 0 Å². The summed E-state index contributed by atoms with van der Waals surface area (Å²) in [7, 11) is 0. The highest BCUT2D eigenvalue weighted by Gasteiger charge is 2.14. The summed E-state index contributed by atoms with van der Waals surface area (Å²) in [6.07, 6.45) is 2.81. The molecule has 0 saturated heterocycles. The molecule has 0 aliphatic rings. The SMILES string of the molecule is CCC(CC)c1cc(Br)c(C=O)o1. The van der Waals surface area contributed by atoms with E-state index in [1.165, 1.54) is 0 Å². The molecule has 1 aromatic rings. The van der Waals surface area contributed by atoms with E-state index in [0.29, 0.717) is 11.7 Å². The van der Waals surface area contributed by atoms with Crippen molar-refractivity contribution in [3.63, 3.8) is 0 Å². The van der Waals surface area contributed by atoms with E-state index in [1.54, 1.807) is 0 Å². The molecule has 1 rings (SSSR count). The number of rotatable bonds is 4. The van der Waals surface area contributed by atoms with Crippen LogP contribution in [-0.2, 0) is 0 Å². The summed E-state index contributed by atoms with van der Waals surface area (Å²) in [6.45, 7) is 4.23. The number of hydrogen-bond donors (Lipinski definition) is 0. The molecule has 0 aliphatic carbocycles. The monoisotopic (exact) mass is 244 g/mol. The Balaban J connectivity index is 2.94. The third-order valence-corrected chi connectivity index (χ3v) is 2.85. The van der Waals surface area contributed by atoms with Crippen molar-refractivity contribution in [2.45, 2.75) is 32.6 Å². The molecular formula is C10H13BrO2. The zero-order chi connectivity index (χ0) is 9.84. The quantitative estimate of drug-likeness (QED) is 0.756. The molecule has 72 valence electrons. The van der Waals surface area contributed by atoms with Crippen LogP contribution in [-0.4, -0.2) is 6.29 Å². The van der Waals surface area contributed by atoms with Gasteiger partial charge in [0.05, 0.1) is 4.47 Å². The van der Waals surface area contributed by atoms with Gasteiger partial charge in [0.2, 0.25) is 0 Å². The van der Waals surface area contributed by atoms with Gasteiger partial charge in [-0.1, -0.05) is 13.8 Å². The van der Waals surface area contributed by atoms with E-state index >= 15 is 0 Å². The number of carbonyl (C=O) groups excluding carboxylic acids is 1. The minimum Gasteiger partial charge on any atom is -0.457 e. The van der Waals surface area contributed by atoms with E-state index in [2.05, 4.69) is 29.8 Å². The normalized spacial score (nSPS) is 10.8. The molecule has 0 atom stereocenters. The summed E-state index contributed by atoms with van der Waals surface area (Å²) in [5.41, 5.74) is 0. The van der Waals surface area contributed by atoms with Crippen molar-refractivity contribution in [2.24, 2.45) is 0 Å². The lowest BCUT2D eigenvalue weighted by molar-refractivity contribution is 0.109. The summed E-state index contributed by atoms with van der Waals surface area (Å²) in [5.74, 6) is 1.71. The van der Waals surface area contributed by atoms with E-state index in [1.807, 2.05) is 6.07 Å². The van der Waals surface area contributed by atoms with Gasteiger partial charge in [-0.05, 0) is 34.8 Å². The predicted octanol–water partition coefficient (Wildman–Crippen LogP) is 3.76. The zero-order valence-electron chi connectivity index (χ0n) is 7.84. The van der Waals surface area contributed by atoms with E-state index in [9.17, 15) is 4.79 Å². The maximum Gasteiger partial charge on any atom is 0.186 e. The maximum atomic E-state index is 10.5. The Morgan fingerprint density at radius 2 is 2.15 bits per heavy atom. The largest absolute Gasteiger partial charge is 0.457 e. The average molecular weight is 245 g/mol. The Morgan fingerprint density at radius 1 is 1.54 bits per heavy atom. The topological polar surface area (TPSA) is 30.2 Å². The van der Waals surface area contributed by atoms with Crippen LogP contribution in [0.3, 0.4) is 0 Å². The van der Waals surface area contributed by atoms with Gasteiger partial charge in [-0.2, -0.15) is 0 Å². The fraction of sp³-hybridized carbons (Fsp3) is 0.500. The third-order valence-electron chi connectivity index (χ3n) is 2.23. The van der Waals surface area contributed by atoms with Gasteiger partial charge in [-0.15, -0.1) is 0 Å². The molecule has 0 radical (unpaired) electrons. The van der Waals surface area contributed by atoms with E-state index < -0.39 is 0 Å². The molecule has 0 fully saturated rings. The van der Waals surface area contributed by atoms with Crippen LogP contribution in [0.25, 0.3) is 0 Å². The molecule has 0 aliphatic heterocycles. The van der Waals surface area contributed by atoms with Crippen LogP contribution in [0.2, 0.25) is 0 Å². The summed E-state index contributed by atoms with van der Waals surface area (Å²) >= 11 is 3.28. The van der Waals surface area contributed by atoms with Gasteiger partial charge in [0.15, 0.2) is 12.0 Å². The molecule has 0 aromatic carbocycles. The van der Waals surface area contributed by atoms with Crippen LogP contribution in [0.1, 0.15) is 48.9 Å². The summed E-state index contributed by atoms with van der Waals surface area (Å²) in [6, 6.07) is 1.89. The smallest absolute Gasteiger partial charge is 0.186 e. The standard InChI is InChI=1S/C10H13BrO2/c1-3-7(4-2)9-5-8(11)10(6-12)13-9/h5-7H,3-4H2,1-2H3. The van der Waals surface area contributed by atoms with Crippen molar-refractivity contribution in [1.29, 1.82) is 0 Å². The van der Waals surface area contributed by atoms with Crippen LogP contribution in [0.15, 0.2) is 15.0 Å². The third kappa shape index (κ3) is 2.21. The number of furan rings is 1. The molecular weight excluding hydrogens is 232 g/mol. The van der Waals surface area contributed by atoms with Crippen LogP contribution in [0.4, 0.5) is 0 Å². The molecule has 0 N–H and O–H groups in total. The predicted molar refractivity (Wildman–Crippen MR) is 55.1 cm³/mol. The molecule has 0 saturated carbocycles. The van der Waals surface area contributed by atoms with Crippen molar-refractivity contribution < 1.29 is 9.21 Å². The molecule has 3 heteroatoms. The van der Waals surface area contributed by atoms with Gasteiger partial charge >= 0.3 is 0 Å². The first kappa shape index (κ1) is 10.5. The Bertz CT molecular complexity index is 287. The van der Waals surface area contributed by atoms with Crippen LogP contribution in [0.5, 0.6) is 0 Å². The molecule has 13 heavy (non-hydrogen) atoms. The van der Waals surface area contributed by atoms with Crippen LogP contribution in [0, 0.1) is 0 Å². The van der Waals surface area contributed by atoms with Gasteiger partial charge in [0.25, 0.3) is 0 Å². The summed E-state index contributed by atoms with van der Waals surface area (Å²) < 4.78 is 6.15. The van der Waals surface area contributed by atoms with Crippen molar-refractivity contribution in [3.05, 3.63) is 22.1 Å². The second kappa shape index (κ2) is 4.61. The van der Waals surface area contributed by atoms with Crippen molar-refractivity contribution >= 4 is 22.2 Å². The molecule has 1 aromatic heterocycles. The second-order valence-electron chi connectivity index (χ2n) is 2.99. The number of carbonyl (C=O) groups is 1. The lowest BCUT2D eigenvalue weighted by atomic mass is 10.0. The second-order valence-corrected chi connectivity index (χ2v) is 3.85. The fourth-order valence-electron chi connectivity index (χ4n) is 1.37.